The first-order valence-corrected chi connectivity index (χ1v) is 13.2. The van der Waals surface area contributed by atoms with Crippen LogP contribution in [-0.2, 0) is 11.2 Å². The summed E-state index contributed by atoms with van der Waals surface area (Å²) in [4.78, 5) is 12.7. The summed E-state index contributed by atoms with van der Waals surface area (Å²) in [7, 11) is 0. The van der Waals surface area contributed by atoms with E-state index in [0.29, 0.717) is 0 Å². The minimum atomic E-state index is -1.84. The fourth-order valence-electron chi connectivity index (χ4n) is 3.18. The maximum Gasteiger partial charge on any atom is 0.228 e. The number of amides is 1. The van der Waals surface area contributed by atoms with Gasteiger partial charge in [-0.15, -0.1) is 0 Å². The molecule has 178 valence electrons. The molecule has 4 nitrogen and oxygen atoms in total. The number of thiocarbonyl (C=S) groups is 1. The molecule has 1 atom stereocenters. The predicted octanol–water partition coefficient (Wildman–Crippen LogP) is 7.53. The van der Waals surface area contributed by atoms with Crippen LogP contribution in [0.5, 0.6) is 0 Å². The van der Waals surface area contributed by atoms with Crippen LogP contribution in [0.4, 0.5) is 5.69 Å². The molecule has 3 aromatic rings. The highest BCUT2D eigenvalue weighted by Gasteiger charge is 2.34. The van der Waals surface area contributed by atoms with E-state index in [4.69, 9.17) is 47.0 Å². The fourth-order valence-corrected chi connectivity index (χ4v) is 5.27. The van der Waals surface area contributed by atoms with E-state index in [0.717, 1.165) is 36.9 Å². The van der Waals surface area contributed by atoms with Gasteiger partial charge in [0.05, 0.1) is 12.1 Å². The molecule has 0 aromatic heterocycles. The molecule has 3 rings (SSSR count). The van der Waals surface area contributed by atoms with Crippen LogP contribution in [0.25, 0.3) is 11.1 Å². The highest BCUT2D eigenvalue weighted by atomic mass is 79.9. The van der Waals surface area contributed by atoms with Gasteiger partial charge in [-0.1, -0.05) is 105 Å². The van der Waals surface area contributed by atoms with Crippen LogP contribution in [0.1, 0.15) is 11.1 Å². The summed E-state index contributed by atoms with van der Waals surface area (Å²) in [5.74, 6) is -0.319. The quantitative estimate of drug-likeness (QED) is 0.145. The van der Waals surface area contributed by atoms with Crippen molar-refractivity contribution < 1.29 is 4.79 Å². The lowest BCUT2D eigenvalue weighted by Gasteiger charge is -2.28. The van der Waals surface area contributed by atoms with Gasteiger partial charge >= 0.3 is 0 Å². The normalized spacial score (nSPS) is 12.1. The van der Waals surface area contributed by atoms with Gasteiger partial charge in [-0.25, -0.2) is 0 Å². The Labute approximate surface area is 236 Å². The van der Waals surface area contributed by atoms with Crippen molar-refractivity contribution in [2.24, 2.45) is 0 Å². The first kappa shape index (κ1) is 27.2. The molecule has 0 aliphatic heterocycles. The third kappa shape index (κ3) is 7.83. The van der Waals surface area contributed by atoms with Crippen molar-refractivity contribution in [2.75, 3.05) is 5.32 Å². The number of rotatable bonds is 6. The Hall–Kier alpha value is -1.35. The Morgan fingerprint density at radius 3 is 2.18 bits per heavy atom. The SMILES string of the molecule is Cc1cc(Br)cc(Br)c1NC(=S)NC(NC(=O)Cc1ccc(-c2ccccc2)cc1)C(Cl)(Cl)Cl. The number of alkyl halides is 3. The zero-order valence-corrected chi connectivity index (χ0v) is 24.1. The number of carbonyl (C=O) groups is 1. The number of hydrogen-bond acceptors (Lipinski definition) is 2. The molecule has 0 spiro atoms. The van der Waals surface area contributed by atoms with Crippen LogP contribution in [-0.4, -0.2) is 21.0 Å². The lowest BCUT2D eigenvalue weighted by Crippen LogP contribution is -2.56. The summed E-state index contributed by atoms with van der Waals surface area (Å²) in [5, 5.41) is 8.86. The van der Waals surface area contributed by atoms with E-state index in [1.165, 1.54) is 0 Å². The van der Waals surface area contributed by atoms with Gasteiger partial charge in [-0.05, 0) is 69.5 Å². The first-order chi connectivity index (χ1) is 16.0. The highest BCUT2D eigenvalue weighted by molar-refractivity contribution is 9.11. The minimum Gasteiger partial charge on any atom is -0.339 e. The van der Waals surface area contributed by atoms with E-state index in [1.54, 1.807) is 0 Å². The number of benzene rings is 3. The van der Waals surface area contributed by atoms with Gasteiger partial charge in [-0.2, -0.15) is 0 Å². The average molecular weight is 665 g/mol. The monoisotopic (exact) mass is 661 g/mol. The Morgan fingerprint density at radius 2 is 1.59 bits per heavy atom. The molecule has 0 heterocycles. The van der Waals surface area contributed by atoms with Gasteiger partial charge in [0.15, 0.2) is 5.11 Å². The lowest BCUT2D eigenvalue weighted by atomic mass is 10.0. The minimum absolute atomic E-state index is 0.117. The van der Waals surface area contributed by atoms with Crippen LogP contribution in [0.3, 0.4) is 0 Å². The topological polar surface area (TPSA) is 53.2 Å². The molecule has 0 aliphatic carbocycles. The maximum atomic E-state index is 12.7. The predicted molar refractivity (Wildman–Crippen MR) is 154 cm³/mol. The number of hydrogen-bond donors (Lipinski definition) is 3. The van der Waals surface area contributed by atoms with Crippen molar-refractivity contribution in [3.63, 3.8) is 0 Å². The van der Waals surface area contributed by atoms with Crippen LogP contribution in [0, 0.1) is 6.92 Å². The van der Waals surface area contributed by atoms with Gasteiger partial charge < -0.3 is 16.0 Å². The molecule has 3 aromatic carbocycles. The lowest BCUT2D eigenvalue weighted by molar-refractivity contribution is -0.121. The van der Waals surface area contributed by atoms with Crippen LogP contribution >= 0.6 is 78.9 Å². The molecule has 0 saturated heterocycles. The van der Waals surface area contributed by atoms with Crippen molar-refractivity contribution in [3.8, 4) is 11.1 Å². The van der Waals surface area contributed by atoms with Crippen molar-refractivity contribution in [1.82, 2.24) is 10.6 Å². The second-order valence-electron chi connectivity index (χ2n) is 7.46. The molecule has 0 bridgehead atoms. The third-order valence-corrected chi connectivity index (χ3v) is 6.78. The van der Waals surface area contributed by atoms with Gasteiger partial charge in [0.2, 0.25) is 9.70 Å². The van der Waals surface area contributed by atoms with Gasteiger partial charge in [0.1, 0.15) is 6.17 Å². The van der Waals surface area contributed by atoms with E-state index in [9.17, 15) is 4.79 Å². The summed E-state index contributed by atoms with van der Waals surface area (Å²) in [6, 6.07) is 21.6. The average Bonchev–Trinajstić information content (AvgIpc) is 2.76. The zero-order chi connectivity index (χ0) is 24.9. The van der Waals surface area contributed by atoms with Crippen LogP contribution < -0.4 is 16.0 Å². The second-order valence-corrected chi connectivity index (χ2v) is 12.0. The standard InChI is InChI=1S/C24H20Br2Cl3N3OS/c1-14-11-18(25)13-19(26)21(14)31-23(34)32-22(24(27,28)29)30-20(33)12-15-7-9-17(10-8-15)16-5-3-2-4-6-16/h2-11,13,22H,12H2,1H3,(H,30,33)(H2,31,32,34). The smallest absolute Gasteiger partial charge is 0.228 e. The van der Waals surface area contributed by atoms with Crippen molar-refractivity contribution in [2.45, 2.75) is 23.3 Å². The zero-order valence-electron chi connectivity index (χ0n) is 17.8. The molecule has 1 unspecified atom stereocenters. The summed E-state index contributed by atoms with van der Waals surface area (Å²) >= 11 is 30.7. The third-order valence-electron chi connectivity index (χ3n) is 4.82. The van der Waals surface area contributed by atoms with E-state index in [1.807, 2.05) is 73.7 Å². The van der Waals surface area contributed by atoms with E-state index < -0.39 is 9.96 Å². The Morgan fingerprint density at radius 1 is 0.971 bits per heavy atom. The summed E-state index contributed by atoms with van der Waals surface area (Å²) in [6.07, 6.45) is -0.936. The second kappa shape index (κ2) is 12.1. The molecule has 10 heteroatoms. The van der Waals surface area contributed by atoms with E-state index in [2.05, 4.69) is 47.8 Å². The molecular weight excluding hydrogens is 645 g/mol. The summed E-state index contributed by atoms with van der Waals surface area (Å²) in [6.45, 7) is 1.93. The summed E-state index contributed by atoms with van der Waals surface area (Å²) in [5.41, 5.74) is 4.70. The number of halogens is 5. The highest BCUT2D eigenvalue weighted by Crippen LogP contribution is 2.31. The van der Waals surface area contributed by atoms with Gasteiger partial charge in [0.25, 0.3) is 0 Å². The number of carbonyl (C=O) groups excluding carboxylic acids is 1. The molecule has 1 amide bonds. The van der Waals surface area contributed by atoms with Crippen molar-refractivity contribution >= 4 is 95.6 Å². The van der Waals surface area contributed by atoms with Gasteiger partial charge in [-0.3, -0.25) is 4.79 Å². The molecular formula is C24H20Br2Cl3N3OS. The fraction of sp³-hybridized carbons (Fsp3) is 0.167. The number of nitrogens with one attached hydrogen (secondary N) is 3. The molecule has 0 fully saturated rings. The molecule has 0 saturated carbocycles. The van der Waals surface area contributed by atoms with E-state index >= 15 is 0 Å². The van der Waals surface area contributed by atoms with Crippen LogP contribution in [0.2, 0.25) is 0 Å². The summed E-state index contributed by atoms with van der Waals surface area (Å²) < 4.78 is -0.119. The molecule has 34 heavy (non-hydrogen) atoms. The van der Waals surface area contributed by atoms with Crippen molar-refractivity contribution in [1.29, 1.82) is 0 Å². The molecule has 0 radical (unpaired) electrons. The number of anilines is 1. The number of aryl methyl sites for hydroxylation is 1. The maximum absolute atomic E-state index is 12.7. The van der Waals surface area contributed by atoms with E-state index in [-0.39, 0.29) is 17.4 Å². The first-order valence-electron chi connectivity index (χ1n) is 10.1. The Kier molecular flexibility index (Phi) is 9.66. The molecule has 3 N–H and O–H groups in total. The largest absolute Gasteiger partial charge is 0.339 e. The van der Waals surface area contributed by atoms with Gasteiger partial charge in [0, 0.05) is 8.95 Å². The van der Waals surface area contributed by atoms with Crippen molar-refractivity contribution in [3.05, 3.63) is 86.8 Å². The Bertz CT molecular complexity index is 1150. The molecule has 0 aliphatic rings. The van der Waals surface area contributed by atoms with Crippen LogP contribution in [0.15, 0.2) is 75.7 Å². The Balaban J connectivity index is 1.63.